The number of hydrogen-bond donors (Lipinski definition) is 2. The van der Waals surface area contributed by atoms with Gasteiger partial charge >= 0.3 is 5.97 Å². The van der Waals surface area contributed by atoms with Crippen LogP contribution in [0, 0.1) is 0 Å². The number of ether oxygens (including phenoxy) is 1. The summed E-state index contributed by atoms with van der Waals surface area (Å²) in [5, 5.41) is 10.6. The van der Waals surface area contributed by atoms with Gasteiger partial charge in [-0.1, -0.05) is 0 Å². The van der Waals surface area contributed by atoms with Crippen molar-refractivity contribution < 1.29 is 14.6 Å². The summed E-state index contributed by atoms with van der Waals surface area (Å²) in [6.07, 6.45) is 3.20. The number of nitrogens with zero attached hydrogens (tertiary/aromatic N) is 2. The number of anilines is 1. The minimum Gasteiger partial charge on any atom is -0.462 e. The fraction of sp³-hybridized carbons (Fsp3) is 0.417. The van der Waals surface area contributed by atoms with E-state index in [0.29, 0.717) is 18.8 Å². The average molecular weight is 251 g/mol. The lowest BCUT2D eigenvalue weighted by atomic mass is 10.2. The number of rotatable bonds is 2. The second-order valence-electron chi connectivity index (χ2n) is 3.35. The summed E-state index contributed by atoms with van der Waals surface area (Å²) in [6.45, 7) is 4.59. The van der Waals surface area contributed by atoms with Crippen LogP contribution in [0.2, 0.25) is 0 Å². The fourth-order valence-electron chi connectivity index (χ4n) is 1.32. The fourth-order valence-corrected chi connectivity index (χ4v) is 1.32. The number of pyridine rings is 1. The minimum atomic E-state index is -0.355. The molecular weight excluding hydrogens is 234 g/mol. The number of aliphatic imine (C=N–C) groups is 1. The highest BCUT2D eigenvalue weighted by Gasteiger charge is 2.11. The van der Waals surface area contributed by atoms with Gasteiger partial charge in [0.1, 0.15) is 12.5 Å². The third kappa shape index (κ3) is 3.81. The molecule has 0 bridgehead atoms. The summed E-state index contributed by atoms with van der Waals surface area (Å²) >= 11 is 0. The number of hydrogen-bond acceptors (Lipinski definition) is 6. The molecule has 1 aliphatic rings. The normalized spacial score (nSPS) is 11.7. The highest BCUT2D eigenvalue weighted by atomic mass is 16.5. The van der Waals surface area contributed by atoms with Crippen molar-refractivity contribution in [2.75, 3.05) is 25.2 Å². The van der Waals surface area contributed by atoms with Crippen LogP contribution in [0.4, 0.5) is 5.82 Å². The summed E-state index contributed by atoms with van der Waals surface area (Å²) in [7, 11) is 0. The summed E-state index contributed by atoms with van der Waals surface area (Å²) in [5.41, 5.74) is 1.26. The van der Waals surface area contributed by atoms with Gasteiger partial charge in [-0.25, -0.2) is 9.78 Å². The number of nitrogens with one attached hydrogen (secondary N) is 1. The molecule has 0 aliphatic carbocycles. The van der Waals surface area contributed by atoms with Crippen LogP contribution in [-0.4, -0.2) is 42.2 Å². The van der Waals surface area contributed by atoms with Gasteiger partial charge in [-0.05, 0) is 19.9 Å². The number of carbonyl (C=O) groups is 1. The molecule has 2 rings (SSSR count). The van der Waals surface area contributed by atoms with E-state index in [1.807, 2.05) is 0 Å². The lowest BCUT2D eigenvalue weighted by Crippen LogP contribution is -2.12. The third-order valence-electron chi connectivity index (χ3n) is 2.00. The Bertz CT molecular complexity index is 433. The van der Waals surface area contributed by atoms with Crippen molar-refractivity contribution >= 4 is 18.0 Å². The first-order valence-electron chi connectivity index (χ1n) is 5.74. The molecule has 0 atom stereocenters. The molecule has 6 nitrogen and oxygen atoms in total. The molecule has 1 aromatic heterocycles. The Morgan fingerprint density at radius 2 is 2.28 bits per heavy atom. The maximum Gasteiger partial charge on any atom is 0.339 e. The SMILES string of the molecule is CCO.CCOC(=O)c1cnc2c(c1)C=NCN2. The van der Waals surface area contributed by atoms with Crippen LogP contribution in [0.1, 0.15) is 29.8 Å². The molecule has 18 heavy (non-hydrogen) atoms. The van der Waals surface area contributed by atoms with Crippen LogP contribution in [0.15, 0.2) is 17.3 Å². The molecular formula is C12H17N3O3. The Labute approximate surface area is 106 Å². The van der Waals surface area contributed by atoms with Crippen LogP contribution >= 0.6 is 0 Å². The van der Waals surface area contributed by atoms with Gasteiger partial charge in [0, 0.05) is 24.6 Å². The molecule has 0 unspecified atom stereocenters. The van der Waals surface area contributed by atoms with E-state index >= 15 is 0 Å². The lowest BCUT2D eigenvalue weighted by molar-refractivity contribution is 0.0526. The number of aliphatic hydroxyl groups is 1. The zero-order chi connectivity index (χ0) is 13.4. The van der Waals surface area contributed by atoms with Gasteiger partial charge in [0.25, 0.3) is 0 Å². The molecule has 0 amide bonds. The van der Waals surface area contributed by atoms with Crippen molar-refractivity contribution in [3.8, 4) is 0 Å². The largest absolute Gasteiger partial charge is 0.462 e. The molecule has 1 aliphatic heterocycles. The number of carbonyl (C=O) groups excluding carboxylic acids is 1. The maximum atomic E-state index is 11.4. The maximum absolute atomic E-state index is 11.4. The highest BCUT2D eigenvalue weighted by molar-refractivity contribution is 5.94. The van der Waals surface area contributed by atoms with E-state index < -0.39 is 0 Å². The van der Waals surface area contributed by atoms with Crippen molar-refractivity contribution in [2.45, 2.75) is 13.8 Å². The van der Waals surface area contributed by atoms with E-state index in [1.165, 1.54) is 6.20 Å². The third-order valence-corrected chi connectivity index (χ3v) is 2.00. The smallest absolute Gasteiger partial charge is 0.339 e. The summed E-state index contributed by atoms with van der Waals surface area (Å²) in [5.74, 6) is 0.393. The molecule has 2 heterocycles. The van der Waals surface area contributed by atoms with Gasteiger partial charge in [0.2, 0.25) is 0 Å². The van der Waals surface area contributed by atoms with E-state index in [9.17, 15) is 4.79 Å². The van der Waals surface area contributed by atoms with Gasteiger partial charge in [-0.15, -0.1) is 0 Å². The molecule has 0 saturated carbocycles. The predicted octanol–water partition coefficient (Wildman–Crippen LogP) is 1.06. The molecule has 6 heteroatoms. The van der Waals surface area contributed by atoms with Crippen molar-refractivity contribution in [3.05, 3.63) is 23.4 Å². The zero-order valence-corrected chi connectivity index (χ0v) is 10.5. The average Bonchev–Trinajstić information content (AvgIpc) is 2.39. The first-order valence-corrected chi connectivity index (χ1v) is 5.74. The Morgan fingerprint density at radius 3 is 2.94 bits per heavy atom. The first-order chi connectivity index (χ1) is 8.72. The number of fused-ring (bicyclic) bond motifs is 1. The van der Waals surface area contributed by atoms with Crippen molar-refractivity contribution in [1.82, 2.24) is 4.98 Å². The van der Waals surface area contributed by atoms with Crippen LogP contribution in [0.25, 0.3) is 0 Å². The van der Waals surface area contributed by atoms with Crippen LogP contribution < -0.4 is 5.32 Å². The molecule has 2 N–H and O–H groups in total. The number of aliphatic hydroxyl groups excluding tert-OH is 1. The molecule has 0 fully saturated rings. The van der Waals surface area contributed by atoms with Gasteiger partial charge < -0.3 is 15.2 Å². The summed E-state index contributed by atoms with van der Waals surface area (Å²) in [4.78, 5) is 19.6. The van der Waals surface area contributed by atoms with Gasteiger partial charge in [-0.3, -0.25) is 4.99 Å². The van der Waals surface area contributed by atoms with Crippen molar-refractivity contribution in [1.29, 1.82) is 0 Å². The summed E-state index contributed by atoms with van der Waals surface area (Å²) in [6, 6.07) is 1.72. The number of esters is 1. The van der Waals surface area contributed by atoms with Crippen LogP contribution in [0.3, 0.4) is 0 Å². The molecule has 1 aromatic rings. The number of aromatic nitrogens is 1. The van der Waals surface area contributed by atoms with Gasteiger partial charge in [0.15, 0.2) is 0 Å². The lowest BCUT2D eigenvalue weighted by Gasteiger charge is -2.11. The Balaban J connectivity index is 0.000000492. The molecule has 0 radical (unpaired) electrons. The predicted molar refractivity (Wildman–Crippen MR) is 69.0 cm³/mol. The Hall–Kier alpha value is -1.95. The first kappa shape index (κ1) is 14.1. The second kappa shape index (κ2) is 7.39. The van der Waals surface area contributed by atoms with E-state index in [-0.39, 0.29) is 12.6 Å². The second-order valence-corrected chi connectivity index (χ2v) is 3.35. The quantitative estimate of drug-likeness (QED) is 0.768. The van der Waals surface area contributed by atoms with Crippen molar-refractivity contribution in [2.24, 2.45) is 4.99 Å². The highest BCUT2D eigenvalue weighted by Crippen LogP contribution is 2.15. The topological polar surface area (TPSA) is 83.8 Å². The van der Waals surface area contributed by atoms with E-state index in [0.717, 1.165) is 11.4 Å². The standard InChI is InChI=1S/C10H11N3O2.C2H6O/c1-2-15-10(14)8-3-7-4-11-6-13-9(7)12-5-8;1-2-3/h3-5H,2,6H2,1H3,(H,12,13);3H,2H2,1H3. The molecule has 98 valence electrons. The van der Waals surface area contributed by atoms with Crippen LogP contribution in [0.5, 0.6) is 0 Å². The van der Waals surface area contributed by atoms with Gasteiger partial charge in [-0.2, -0.15) is 0 Å². The zero-order valence-electron chi connectivity index (χ0n) is 10.5. The van der Waals surface area contributed by atoms with E-state index in [4.69, 9.17) is 9.84 Å². The molecule has 0 spiro atoms. The van der Waals surface area contributed by atoms with Crippen LogP contribution in [-0.2, 0) is 4.74 Å². The molecule has 0 saturated heterocycles. The van der Waals surface area contributed by atoms with E-state index in [1.54, 1.807) is 26.1 Å². The Kier molecular flexibility index (Phi) is 5.79. The van der Waals surface area contributed by atoms with Crippen molar-refractivity contribution in [3.63, 3.8) is 0 Å². The van der Waals surface area contributed by atoms with E-state index in [2.05, 4.69) is 15.3 Å². The monoisotopic (exact) mass is 251 g/mol. The molecule has 0 aromatic carbocycles. The summed E-state index contributed by atoms with van der Waals surface area (Å²) < 4.78 is 4.88. The minimum absolute atomic E-state index is 0.250. The van der Waals surface area contributed by atoms with Gasteiger partial charge in [0.05, 0.1) is 12.2 Å². The Morgan fingerprint density at radius 1 is 1.56 bits per heavy atom.